The predicted octanol–water partition coefficient (Wildman–Crippen LogP) is -0.515. The summed E-state index contributed by atoms with van der Waals surface area (Å²) in [4.78, 5) is 0. The summed E-state index contributed by atoms with van der Waals surface area (Å²) in [6.07, 6.45) is 0.771. The zero-order valence-corrected chi connectivity index (χ0v) is 5.63. The van der Waals surface area contributed by atoms with E-state index in [2.05, 4.69) is 0 Å². The average Bonchev–Trinajstić information content (AvgIpc) is 2.15. The van der Waals surface area contributed by atoms with E-state index in [0.717, 1.165) is 6.42 Å². The monoisotopic (exact) mass is 131 g/mol. The largest absolute Gasteiger partial charge is 0.394 e. The van der Waals surface area contributed by atoms with Gasteiger partial charge in [0.1, 0.15) is 0 Å². The Morgan fingerprint density at radius 2 is 2.56 bits per heavy atom. The Bertz CT molecular complexity index is 107. The quantitative estimate of drug-likeness (QED) is 0.503. The first-order valence-electron chi connectivity index (χ1n) is 3.20. The molecule has 0 amide bonds. The second-order valence-corrected chi connectivity index (χ2v) is 2.65. The third-order valence-corrected chi connectivity index (χ3v) is 2.04. The van der Waals surface area contributed by atoms with Crippen molar-refractivity contribution in [3.8, 4) is 0 Å². The van der Waals surface area contributed by atoms with Gasteiger partial charge in [0.2, 0.25) is 0 Å². The molecule has 3 N–H and O–H groups in total. The van der Waals surface area contributed by atoms with Crippen LogP contribution in [0.15, 0.2) is 0 Å². The summed E-state index contributed by atoms with van der Waals surface area (Å²) in [6, 6.07) is 0. The molecule has 3 nitrogen and oxygen atoms in total. The van der Waals surface area contributed by atoms with Crippen LogP contribution in [0, 0.1) is 0 Å². The van der Waals surface area contributed by atoms with Gasteiger partial charge in [0, 0.05) is 6.61 Å². The first-order valence-corrected chi connectivity index (χ1v) is 3.20. The van der Waals surface area contributed by atoms with Crippen molar-refractivity contribution in [3.05, 3.63) is 0 Å². The number of aliphatic hydroxyl groups excluding tert-OH is 1. The fourth-order valence-electron chi connectivity index (χ4n) is 1.00. The Morgan fingerprint density at radius 3 is 2.78 bits per heavy atom. The zero-order chi connectivity index (χ0) is 6.91. The molecule has 54 valence electrons. The second kappa shape index (κ2) is 2.25. The molecule has 0 saturated carbocycles. The SMILES string of the molecule is CC1OCCC1(N)CO. The Balaban J connectivity index is 2.56. The van der Waals surface area contributed by atoms with Crippen LogP contribution in [0.1, 0.15) is 13.3 Å². The van der Waals surface area contributed by atoms with Crippen molar-refractivity contribution >= 4 is 0 Å². The lowest BCUT2D eigenvalue weighted by molar-refractivity contribution is 0.0714. The first kappa shape index (κ1) is 6.99. The maximum absolute atomic E-state index is 8.79. The van der Waals surface area contributed by atoms with Gasteiger partial charge in [-0.2, -0.15) is 0 Å². The highest BCUT2D eigenvalue weighted by Gasteiger charge is 2.36. The Labute approximate surface area is 54.8 Å². The van der Waals surface area contributed by atoms with Gasteiger partial charge in [0.05, 0.1) is 18.2 Å². The normalized spacial score (nSPS) is 43.7. The topological polar surface area (TPSA) is 55.5 Å². The van der Waals surface area contributed by atoms with E-state index >= 15 is 0 Å². The summed E-state index contributed by atoms with van der Waals surface area (Å²) in [7, 11) is 0. The summed E-state index contributed by atoms with van der Waals surface area (Å²) < 4.78 is 5.17. The van der Waals surface area contributed by atoms with Gasteiger partial charge < -0.3 is 15.6 Å². The number of hydrogen-bond acceptors (Lipinski definition) is 3. The van der Waals surface area contributed by atoms with E-state index in [1.165, 1.54) is 0 Å². The molecule has 0 aromatic rings. The highest BCUT2D eigenvalue weighted by Crippen LogP contribution is 2.21. The van der Waals surface area contributed by atoms with Crippen molar-refractivity contribution in [2.75, 3.05) is 13.2 Å². The highest BCUT2D eigenvalue weighted by atomic mass is 16.5. The predicted molar refractivity (Wildman–Crippen MR) is 34.0 cm³/mol. The van der Waals surface area contributed by atoms with Crippen LogP contribution < -0.4 is 5.73 Å². The molecule has 0 radical (unpaired) electrons. The van der Waals surface area contributed by atoms with Crippen LogP contribution in [0.4, 0.5) is 0 Å². The fourth-order valence-corrected chi connectivity index (χ4v) is 1.00. The maximum Gasteiger partial charge on any atom is 0.0749 e. The molecule has 1 aliphatic rings. The van der Waals surface area contributed by atoms with Crippen LogP contribution in [0.5, 0.6) is 0 Å². The van der Waals surface area contributed by atoms with Crippen LogP contribution >= 0.6 is 0 Å². The van der Waals surface area contributed by atoms with Crippen molar-refractivity contribution < 1.29 is 9.84 Å². The van der Waals surface area contributed by atoms with Crippen LogP contribution in [-0.4, -0.2) is 30.0 Å². The van der Waals surface area contributed by atoms with Crippen molar-refractivity contribution in [3.63, 3.8) is 0 Å². The van der Waals surface area contributed by atoms with E-state index < -0.39 is 5.54 Å². The smallest absolute Gasteiger partial charge is 0.0749 e. The minimum Gasteiger partial charge on any atom is -0.394 e. The van der Waals surface area contributed by atoms with Gasteiger partial charge in [-0.1, -0.05) is 0 Å². The Hall–Kier alpha value is -0.120. The van der Waals surface area contributed by atoms with Crippen molar-refractivity contribution in [2.24, 2.45) is 5.73 Å². The van der Waals surface area contributed by atoms with Crippen LogP contribution in [0.25, 0.3) is 0 Å². The molecule has 0 aromatic heterocycles. The number of nitrogens with two attached hydrogens (primary N) is 1. The average molecular weight is 131 g/mol. The Morgan fingerprint density at radius 1 is 1.89 bits per heavy atom. The van der Waals surface area contributed by atoms with Crippen LogP contribution in [0.2, 0.25) is 0 Å². The van der Waals surface area contributed by atoms with E-state index in [-0.39, 0.29) is 12.7 Å². The van der Waals surface area contributed by atoms with Crippen molar-refractivity contribution in [1.29, 1.82) is 0 Å². The second-order valence-electron chi connectivity index (χ2n) is 2.65. The summed E-state index contributed by atoms with van der Waals surface area (Å²) >= 11 is 0. The zero-order valence-electron chi connectivity index (χ0n) is 5.63. The van der Waals surface area contributed by atoms with E-state index in [1.807, 2.05) is 6.92 Å². The third-order valence-electron chi connectivity index (χ3n) is 2.04. The molecule has 0 bridgehead atoms. The minimum absolute atomic E-state index is 0.00231. The third kappa shape index (κ3) is 1.08. The van der Waals surface area contributed by atoms with Gasteiger partial charge in [0.15, 0.2) is 0 Å². The van der Waals surface area contributed by atoms with Gasteiger partial charge in [0.25, 0.3) is 0 Å². The molecule has 2 unspecified atom stereocenters. The summed E-state index contributed by atoms with van der Waals surface area (Å²) in [5.41, 5.74) is 5.25. The molecule has 0 aromatic carbocycles. The number of hydrogen-bond donors (Lipinski definition) is 2. The lowest BCUT2D eigenvalue weighted by Gasteiger charge is -2.23. The van der Waals surface area contributed by atoms with Gasteiger partial charge in [-0.05, 0) is 13.3 Å². The summed E-state index contributed by atoms with van der Waals surface area (Å²) in [5.74, 6) is 0. The molecule has 1 heterocycles. The molecular weight excluding hydrogens is 118 g/mol. The Kier molecular flexibility index (Phi) is 1.75. The van der Waals surface area contributed by atoms with Crippen molar-refractivity contribution in [2.45, 2.75) is 25.0 Å². The first-order chi connectivity index (χ1) is 4.19. The minimum atomic E-state index is -0.472. The molecule has 1 fully saturated rings. The van der Waals surface area contributed by atoms with E-state index in [1.54, 1.807) is 0 Å². The van der Waals surface area contributed by atoms with Gasteiger partial charge in [-0.25, -0.2) is 0 Å². The van der Waals surface area contributed by atoms with Gasteiger partial charge >= 0.3 is 0 Å². The molecule has 2 atom stereocenters. The van der Waals surface area contributed by atoms with E-state index in [9.17, 15) is 0 Å². The number of rotatable bonds is 1. The molecule has 3 heteroatoms. The summed E-state index contributed by atoms with van der Waals surface area (Å²) in [5, 5.41) is 8.79. The highest BCUT2D eigenvalue weighted by molar-refractivity contribution is 4.93. The molecule has 0 aliphatic carbocycles. The summed E-state index contributed by atoms with van der Waals surface area (Å²) in [6.45, 7) is 2.59. The molecular formula is C6H13NO2. The van der Waals surface area contributed by atoms with Crippen molar-refractivity contribution in [1.82, 2.24) is 0 Å². The fraction of sp³-hybridized carbons (Fsp3) is 1.00. The molecule has 1 rings (SSSR count). The molecule has 9 heavy (non-hydrogen) atoms. The molecule has 1 aliphatic heterocycles. The van der Waals surface area contributed by atoms with E-state index in [0.29, 0.717) is 6.61 Å². The van der Waals surface area contributed by atoms with Gasteiger partial charge in [-0.15, -0.1) is 0 Å². The lowest BCUT2D eigenvalue weighted by Crippen LogP contribution is -2.49. The number of ether oxygens (including phenoxy) is 1. The van der Waals surface area contributed by atoms with Crippen LogP contribution in [0.3, 0.4) is 0 Å². The standard InChI is InChI=1S/C6H13NO2/c1-5-6(7,4-8)2-3-9-5/h5,8H,2-4,7H2,1H3. The van der Waals surface area contributed by atoms with E-state index in [4.69, 9.17) is 15.6 Å². The van der Waals surface area contributed by atoms with Crippen LogP contribution in [-0.2, 0) is 4.74 Å². The maximum atomic E-state index is 8.79. The lowest BCUT2D eigenvalue weighted by atomic mass is 9.95. The molecule has 0 spiro atoms. The number of aliphatic hydroxyl groups is 1. The van der Waals surface area contributed by atoms with Gasteiger partial charge in [-0.3, -0.25) is 0 Å². The molecule has 1 saturated heterocycles.